The molecule has 1 atom stereocenters. The molecule has 2 nitrogen and oxygen atoms in total. The predicted molar refractivity (Wildman–Crippen MR) is 241 cm³/mol. The first-order chi connectivity index (χ1) is 28.1. The van der Waals surface area contributed by atoms with Crippen molar-refractivity contribution in [3.8, 4) is 39.1 Å². The topological polar surface area (TPSA) is 8.17 Å². The van der Waals surface area contributed by atoms with E-state index in [0.29, 0.717) is 0 Å². The van der Waals surface area contributed by atoms with Gasteiger partial charge in [-0.25, -0.2) is 0 Å². The zero-order valence-corrected chi connectivity index (χ0v) is 32.0. The lowest BCUT2D eigenvalue weighted by Gasteiger charge is -2.33. The van der Waals surface area contributed by atoms with Crippen LogP contribution in [0.3, 0.4) is 0 Å². The molecule has 1 aliphatic carbocycles. The van der Waals surface area contributed by atoms with Gasteiger partial charge in [-0.2, -0.15) is 0 Å². The van der Waals surface area contributed by atoms with Crippen molar-refractivity contribution in [1.29, 1.82) is 0 Å². The number of hydrogen-bond donors (Lipinski definition) is 0. The Hall–Kier alpha value is -7.16. The highest BCUT2D eigenvalue weighted by atomic mass is 15.1. The summed E-state index contributed by atoms with van der Waals surface area (Å²) in [4.78, 5) is 2.40. The van der Waals surface area contributed by atoms with Crippen molar-refractivity contribution in [2.75, 3.05) is 4.90 Å². The van der Waals surface area contributed by atoms with Crippen LogP contribution >= 0.6 is 0 Å². The molecule has 0 aliphatic heterocycles. The molecule has 0 amide bonds. The van der Waals surface area contributed by atoms with Crippen molar-refractivity contribution in [3.05, 3.63) is 236 Å². The second-order valence-corrected chi connectivity index (χ2v) is 15.2. The lowest BCUT2D eigenvalue weighted by molar-refractivity contribution is 0.595. The van der Waals surface area contributed by atoms with E-state index in [0.717, 1.165) is 23.5 Å². The van der Waals surface area contributed by atoms with Crippen LogP contribution in [-0.2, 0) is 5.41 Å². The molecule has 1 unspecified atom stereocenters. The molecule has 0 spiro atoms. The lowest BCUT2D eigenvalue weighted by Crippen LogP contribution is -2.24. The molecule has 10 rings (SSSR count). The van der Waals surface area contributed by atoms with Crippen molar-refractivity contribution in [2.45, 2.75) is 18.8 Å². The Morgan fingerprint density at radius 3 is 1.67 bits per heavy atom. The molecule has 0 saturated carbocycles. The minimum absolute atomic E-state index is 0.123. The van der Waals surface area contributed by atoms with Gasteiger partial charge < -0.3 is 9.47 Å². The first kappa shape index (κ1) is 34.3. The molecule has 9 aromatic rings. The highest BCUT2D eigenvalue weighted by molar-refractivity contribution is 6.10. The molecular formula is C55H42N2. The van der Waals surface area contributed by atoms with Gasteiger partial charge in [0.15, 0.2) is 0 Å². The summed E-state index contributed by atoms with van der Waals surface area (Å²) in [6.07, 6.45) is 8.02. The number of rotatable bonds is 8. The number of nitrogens with zero attached hydrogens (tertiary/aromatic N) is 2. The van der Waals surface area contributed by atoms with Gasteiger partial charge in [0, 0.05) is 38.9 Å². The van der Waals surface area contributed by atoms with E-state index in [1.54, 1.807) is 0 Å². The van der Waals surface area contributed by atoms with E-state index in [-0.39, 0.29) is 5.41 Å². The average Bonchev–Trinajstić information content (AvgIpc) is 3.62. The average molecular weight is 731 g/mol. The maximum absolute atomic E-state index is 2.42. The Kier molecular flexibility index (Phi) is 8.73. The third-order valence-corrected chi connectivity index (χ3v) is 11.6. The maximum atomic E-state index is 2.42. The molecule has 8 aromatic carbocycles. The van der Waals surface area contributed by atoms with Crippen molar-refractivity contribution in [1.82, 2.24) is 4.57 Å². The van der Waals surface area contributed by atoms with Crippen LogP contribution in [0.25, 0.3) is 60.9 Å². The molecule has 1 aromatic heterocycles. The van der Waals surface area contributed by atoms with Crippen LogP contribution < -0.4 is 4.90 Å². The summed E-state index contributed by atoms with van der Waals surface area (Å²) in [6.45, 7) is 2.35. The maximum Gasteiger partial charge on any atom is 0.0561 e. The van der Waals surface area contributed by atoms with Crippen LogP contribution in [0.5, 0.6) is 0 Å². The molecular weight excluding hydrogens is 689 g/mol. The summed E-state index contributed by atoms with van der Waals surface area (Å²) in [5.74, 6) is 0. The Balaban J connectivity index is 1.03. The Labute approximate surface area is 334 Å². The van der Waals surface area contributed by atoms with E-state index in [4.69, 9.17) is 0 Å². The van der Waals surface area contributed by atoms with Crippen molar-refractivity contribution in [3.63, 3.8) is 0 Å². The first-order valence-electron chi connectivity index (χ1n) is 19.8. The predicted octanol–water partition coefficient (Wildman–Crippen LogP) is 14.7. The van der Waals surface area contributed by atoms with E-state index in [2.05, 4.69) is 241 Å². The number of hydrogen-bond acceptors (Lipinski definition) is 1. The molecule has 0 saturated heterocycles. The zero-order chi connectivity index (χ0) is 38.2. The van der Waals surface area contributed by atoms with Gasteiger partial charge in [-0.15, -0.1) is 0 Å². The van der Waals surface area contributed by atoms with E-state index in [1.807, 2.05) is 0 Å². The Morgan fingerprint density at radius 2 is 1.00 bits per heavy atom. The molecule has 1 heterocycles. The summed E-state index contributed by atoms with van der Waals surface area (Å²) < 4.78 is 2.42. The number of allylic oxidation sites excluding steroid dienone is 3. The Bertz CT molecular complexity index is 2920. The molecule has 57 heavy (non-hydrogen) atoms. The highest BCUT2D eigenvalue weighted by Gasteiger charge is 2.28. The second kappa shape index (κ2) is 14.5. The molecule has 1 aliphatic rings. The van der Waals surface area contributed by atoms with Gasteiger partial charge in [-0.05, 0) is 100.0 Å². The van der Waals surface area contributed by atoms with Crippen LogP contribution in [-0.4, -0.2) is 4.57 Å². The molecule has 0 radical (unpaired) electrons. The summed E-state index contributed by atoms with van der Waals surface area (Å²) in [5.41, 5.74) is 15.5. The molecule has 272 valence electrons. The monoisotopic (exact) mass is 730 g/mol. The number of fused-ring (bicyclic) bond motifs is 3. The smallest absolute Gasteiger partial charge is 0.0561 e. The van der Waals surface area contributed by atoms with Gasteiger partial charge >= 0.3 is 0 Å². The van der Waals surface area contributed by atoms with Crippen molar-refractivity contribution in [2.24, 2.45) is 0 Å². The van der Waals surface area contributed by atoms with Gasteiger partial charge in [-0.1, -0.05) is 177 Å². The van der Waals surface area contributed by atoms with Crippen LogP contribution in [0.4, 0.5) is 11.4 Å². The number of anilines is 2. The Morgan fingerprint density at radius 1 is 0.439 bits per heavy atom. The zero-order valence-electron chi connectivity index (χ0n) is 32.0. The van der Waals surface area contributed by atoms with Crippen LogP contribution in [0, 0.1) is 0 Å². The van der Waals surface area contributed by atoms with Gasteiger partial charge in [0.2, 0.25) is 0 Å². The molecule has 0 fully saturated rings. The van der Waals surface area contributed by atoms with E-state index >= 15 is 0 Å². The second-order valence-electron chi connectivity index (χ2n) is 15.2. The lowest BCUT2D eigenvalue weighted by atomic mass is 9.76. The summed E-state index contributed by atoms with van der Waals surface area (Å²) in [6, 6.07) is 74.6. The normalized spacial score (nSPS) is 15.1. The van der Waals surface area contributed by atoms with E-state index in [9.17, 15) is 0 Å². The number of para-hydroxylation sites is 2. The summed E-state index contributed by atoms with van der Waals surface area (Å²) >= 11 is 0. The molecule has 0 bridgehead atoms. The SMILES string of the molecule is CC1(c2cccc(-c3ccccc3)c2)C=CC(N(c2ccccc2)c2ccc3c4ccccc4n(-c4ccc(-c5cccc(-c6ccccc6)c5)cc4)c3c2)=CC1. The summed E-state index contributed by atoms with van der Waals surface area (Å²) in [5, 5.41) is 2.48. The van der Waals surface area contributed by atoms with E-state index < -0.39 is 0 Å². The third kappa shape index (κ3) is 6.46. The molecule has 0 N–H and O–H groups in total. The van der Waals surface area contributed by atoms with Crippen LogP contribution in [0.1, 0.15) is 18.9 Å². The first-order valence-corrected chi connectivity index (χ1v) is 19.8. The van der Waals surface area contributed by atoms with Gasteiger partial charge in [0.1, 0.15) is 0 Å². The fraction of sp³-hybridized carbons (Fsp3) is 0.0545. The standard InChI is InChI=1S/C55H42N2/c1-55(46-22-14-21-45(38-46)41-17-7-3-8-18-41)35-33-49(34-36-55)56(47-23-9-4-10-24-47)50-31-32-52-51-25-11-12-26-53(51)57(54(52)39-50)48-29-27-42(28-30-48)44-20-13-19-43(37-44)40-15-5-2-6-16-40/h2-35,37-39H,36H2,1H3. The molecule has 2 heteroatoms. The van der Waals surface area contributed by atoms with Gasteiger partial charge in [0.25, 0.3) is 0 Å². The summed E-state index contributed by atoms with van der Waals surface area (Å²) in [7, 11) is 0. The van der Waals surface area contributed by atoms with Crippen LogP contribution in [0.2, 0.25) is 0 Å². The quantitative estimate of drug-likeness (QED) is 0.151. The van der Waals surface area contributed by atoms with Gasteiger partial charge in [0.05, 0.1) is 11.0 Å². The minimum Gasteiger partial charge on any atom is -0.311 e. The largest absolute Gasteiger partial charge is 0.311 e. The number of aromatic nitrogens is 1. The van der Waals surface area contributed by atoms with Crippen molar-refractivity contribution >= 4 is 33.2 Å². The fourth-order valence-corrected chi connectivity index (χ4v) is 8.50. The fourth-order valence-electron chi connectivity index (χ4n) is 8.50. The third-order valence-electron chi connectivity index (χ3n) is 11.6. The van der Waals surface area contributed by atoms with Crippen LogP contribution in [0.15, 0.2) is 230 Å². The highest BCUT2D eigenvalue weighted by Crippen LogP contribution is 2.42. The van der Waals surface area contributed by atoms with E-state index in [1.165, 1.54) is 66.4 Å². The van der Waals surface area contributed by atoms with Gasteiger partial charge in [-0.3, -0.25) is 0 Å². The minimum atomic E-state index is -0.123. The number of benzene rings is 8. The van der Waals surface area contributed by atoms with Crippen molar-refractivity contribution < 1.29 is 0 Å².